The first kappa shape index (κ1) is 18.1. The Labute approximate surface area is 172 Å². The lowest BCUT2D eigenvalue weighted by Crippen LogP contribution is -2.36. The van der Waals surface area contributed by atoms with Crippen molar-refractivity contribution in [3.63, 3.8) is 0 Å². The second-order valence-corrected chi connectivity index (χ2v) is 8.50. The molecule has 4 aromatic rings. The summed E-state index contributed by atoms with van der Waals surface area (Å²) < 4.78 is 3.07. The molecule has 1 saturated heterocycles. The SMILES string of the molecule is O=C(Cc1ccc2c(c1)sc1nc(=O)cc(-c3ccccc3)n12)N1CCCCC1. The van der Waals surface area contributed by atoms with E-state index >= 15 is 0 Å². The van der Waals surface area contributed by atoms with Crippen LogP contribution in [0.25, 0.3) is 26.4 Å². The molecule has 0 saturated carbocycles. The fourth-order valence-corrected chi connectivity index (χ4v) is 5.14. The predicted molar refractivity (Wildman–Crippen MR) is 116 cm³/mol. The van der Waals surface area contributed by atoms with Gasteiger partial charge in [-0.3, -0.25) is 14.0 Å². The number of rotatable bonds is 3. The van der Waals surface area contributed by atoms with Gasteiger partial charge in [0.1, 0.15) is 0 Å². The van der Waals surface area contributed by atoms with E-state index in [-0.39, 0.29) is 11.5 Å². The zero-order valence-electron chi connectivity index (χ0n) is 16.0. The molecule has 0 radical (unpaired) electrons. The summed E-state index contributed by atoms with van der Waals surface area (Å²) >= 11 is 1.49. The molecule has 5 rings (SSSR count). The molecule has 1 aliphatic heterocycles. The molecule has 0 spiro atoms. The third-order valence-electron chi connectivity index (χ3n) is 5.50. The molecule has 0 N–H and O–H groups in total. The Morgan fingerprint density at radius 3 is 2.59 bits per heavy atom. The smallest absolute Gasteiger partial charge is 0.274 e. The lowest BCUT2D eigenvalue weighted by Gasteiger charge is -2.26. The Bertz CT molecular complexity index is 1250. The fourth-order valence-electron chi connectivity index (χ4n) is 4.05. The molecule has 5 nitrogen and oxygen atoms in total. The van der Waals surface area contributed by atoms with E-state index in [1.807, 2.05) is 51.8 Å². The van der Waals surface area contributed by atoms with E-state index in [2.05, 4.69) is 11.1 Å². The third-order valence-corrected chi connectivity index (χ3v) is 6.50. The number of thiazole rings is 1. The Kier molecular flexibility index (Phi) is 4.64. The van der Waals surface area contributed by atoms with Gasteiger partial charge >= 0.3 is 0 Å². The summed E-state index contributed by atoms with van der Waals surface area (Å²) in [6, 6.07) is 17.6. The normalized spacial score (nSPS) is 14.6. The molecular weight excluding hydrogens is 382 g/mol. The number of amides is 1. The quantitative estimate of drug-likeness (QED) is 0.517. The number of aromatic nitrogens is 2. The van der Waals surface area contributed by atoms with Crippen molar-refractivity contribution in [2.75, 3.05) is 13.1 Å². The van der Waals surface area contributed by atoms with Gasteiger partial charge in [0.15, 0.2) is 4.96 Å². The summed E-state index contributed by atoms with van der Waals surface area (Å²) in [6.45, 7) is 1.74. The standard InChI is InChI=1S/C23H21N3O2S/c27-21-15-19(17-7-3-1-4-8-17)26-18-10-9-16(13-20(18)29-23(26)24-21)14-22(28)25-11-5-2-6-12-25/h1,3-4,7-10,13,15H,2,5-6,11-12,14H2. The summed E-state index contributed by atoms with van der Waals surface area (Å²) in [5.41, 5.74) is 3.58. The number of likely N-dealkylation sites (tertiary alicyclic amines) is 1. The van der Waals surface area contributed by atoms with Crippen LogP contribution in [0.2, 0.25) is 0 Å². The zero-order valence-corrected chi connectivity index (χ0v) is 16.8. The van der Waals surface area contributed by atoms with E-state index in [1.165, 1.54) is 17.8 Å². The highest BCUT2D eigenvalue weighted by molar-refractivity contribution is 7.23. The van der Waals surface area contributed by atoms with Crippen LogP contribution in [0.3, 0.4) is 0 Å². The first-order valence-corrected chi connectivity index (χ1v) is 10.8. The van der Waals surface area contributed by atoms with Crippen molar-refractivity contribution >= 4 is 32.4 Å². The van der Waals surface area contributed by atoms with Crippen LogP contribution in [0.4, 0.5) is 0 Å². The molecule has 29 heavy (non-hydrogen) atoms. The summed E-state index contributed by atoms with van der Waals surface area (Å²) in [4.78, 5) is 31.7. The lowest BCUT2D eigenvalue weighted by atomic mass is 10.1. The zero-order chi connectivity index (χ0) is 19.8. The maximum atomic E-state index is 12.6. The fraction of sp³-hybridized carbons (Fsp3) is 0.261. The van der Waals surface area contributed by atoms with Gasteiger partial charge in [0.2, 0.25) is 5.91 Å². The summed E-state index contributed by atoms with van der Waals surface area (Å²) in [5.74, 6) is 0.197. The molecule has 3 heterocycles. The van der Waals surface area contributed by atoms with Crippen LogP contribution >= 0.6 is 11.3 Å². The number of fused-ring (bicyclic) bond motifs is 3. The molecule has 146 valence electrons. The highest BCUT2D eigenvalue weighted by Crippen LogP contribution is 2.30. The first-order chi connectivity index (χ1) is 14.2. The van der Waals surface area contributed by atoms with Crippen LogP contribution < -0.4 is 5.56 Å². The van der Waals surface area contributed by atoms with Gasteiger partial charge in [0.25, 0.3) is 5.56 Å². The number of piperidine rings is 1. The van der Waals surface area contributed by atoms with E-state index in [9.17, 15) is 9.59 Å². The van der Waals surface area contributed by atoms with Crippen LogP contribution in [-0.4, -0.2) is 33.3 Å². The van der Waals surface area contributed by atoms with Crippen molar-refractivity contribution in [2.45, 2.75) is 25.7 Å². The summed E-state index contributed by atoms with van der Waals surface area (Å²) in [5, 5.41) is 0. The van der Waals surface area contributed by atoms with Crippen LogP contribution in [0.5, 0.6) is 0 Å². The Hall–Kier alpha value is -2.99. The molecule has 1 fully saturated rings. The van der Waals surface area contributed by atoms with Crippen LogP contribution in [-0.2, 0) is 11.2 Å². The average Bonchev–Trinajstić information content (AvgIpc) is 3.11. The van der Waals surface area contributed by atoms with Crippen molar-refractivity contribution in [3.05, 3.63) is 70.5 Å². The number of hydrogen-bond donors (Lipinski definition) is 0. The van der Waals surface area contributed by atoms with Crippen LogP contribution in [0, 0.1) is 0 Å². The number of nitrogens with zero attached hydrogens (tertiary/aromatic N) is 3. The Morgan fingerprint density at radius 1 is 1.00 bits per heavy atom. The molecule has 1 aliphatic rings. The highest BCUT2D eigenvalue weighted by atomic mass is 32.1. The van der Waals surface area contributed by atoms with Gasteiger partial charge in [-0.1, -0.05) is 47.7 Å². The van der Waals surface area contributed by atoms with Crippen LogP contribution in [0.1, 0.15) is 24.8 Å². The number of carbonyl (C=O) groups excluding carboxylic acids is 1. The van der Waals surface area contributed by atoms with Gasteiger partial charge in [-0.15, -0.1) is 0 Å². The van der Waals surface area contributed by atoms with E-state index in [4.69, 9.17) is 0 Å². The molecule has 6 heteroatoms. The van der Waals surface area contributed by atoms with Crippen molar-refractivity contribution in [1.29, 1.82) is 0 Å². The van der Waals surface area contributed by atoms with Crippen molar-refractivity contribution in [3.8, 4) is 11.3 Å². The van der Waals surface area contributed by atoms with Gasteiger partial charge in [-0.05, 0) is 42.5 Å². The molecule has 0 atom stereocenters. The first-order valence-electron chi connectivity index (χ1n) is 9.97. The summed E-state index contributed by atoms with van der Waals surface area (Å²) in [6.07, 6.45) is 3.83. The molecule has 0 unspecified atom stereocenters. The van der Waals surface area contributed by atoms with Gasteiger partial charge < -0.3 is 4.90 Å². The lowest BCUT2D eigenvalue weighted by molar-refractivity contribution is -0.131. The average molecular weight is 404 g/mol. The number of hydrogen-bond acceptors (Lipinski definition) is 4. The van der Waals surface area contributed by atoms with Crippen molar-refractivity contribution in [2.24, 2.45) is 0 Å². The molecule has 2 aromatic carbocycles. The Balaban J connectivity index is 1.56. The second-order valence-electron chi connectivity index (χ2n) is 7.49. The Morgan fingerprint density at radius 2 is 1.79 bits per heavy atom. The van der Waals surface area contributed by atoms with Gasteiger partial charge in [-0.25, -0.2) is 0 Å². The van der Waals surface area contributed by atoms with Crippen LogP contribution in [0.15, 0.2) is 59.4 Å². The minimum absolute atomic E-state index is 0.197. The van der Waals surface area contributed by atoms with Crippen molar-refractivity contribution < 1.29 is 4.79 Å². The minimum atomic E-state index is -0.240. The predicted octanol–water partition coefficient (Wildman–Crippen LogP) is 4.13. The maximum Gasteiger partial charge on any atom is 0.274 e. The molecule has 0 aliphatic carbocycles. The van der Waals surface area contributed by atoms with Crippen molar-refractivity contribution in [1.82, 2.24) is 14.3 Å². The van der Waals surface area contributed by atoms with Gasteiger partial charge in [0.05, 0.1) is 22.3 Å². The van der Waals surface area contributed by atoms with Gasteiger partial charge in [-0.2, -0.15) is 4.98 Å². The number of benzene rings is 2. The maximum absolute atomic E-state index is 12.6. The summed E-state index contributed by atoms with van der Waals surface area (Å²) in [7, 11) is 0. The van der Waals surface area contributed by atoms with Gasteiger partial charge in [0, 0.05) is 19.2 Å². The monoisotopic (exact) mass is 403 g/mol. The van der Waals surface area contributed by atoms with E-state index in [0.29, 0.717) is 11.4 Å². The third kappa shape index (κ3) is 3.44. The highest BCUT2D eigenvalue weighted by Gasteiger charge is 2.18. The molecular formula is C23H21N3O2S. The second kappa shape index (κ2) is 7.44. The minimum Gasteiger partial charge on any atom is -0.342 e. The molecule has 0 bridgehead atoms. The number of carbonyl (C=O) groups is 1. The topological polar surface area (TPSA) is 54.7 Å². The van der Waals surface area contributed by atoms with E-state index in [1.54, 1.807) is 6.07 Å². The largest absolute Gasteiger partial charge is 0.342 e. The molecule has 2 aromatic heterocycles. The molecule has 1 amide bonds. The van der Waals surface area contributed by atoms with E-state index in [0.717, 1.165) is 53.0 Å². The van der Waals surface area contributed by atoms with E-state index < -0.39 is 0 Å².